The third-order valence-corrected chi connectivity index (χ3v) is 3.27. The third kappa shape index (κ3) is 3.41. The Balaban J connectivity index is 2.13. The van der Waals surface area contributed by atoms with E-state index in [9.17, 15) is 9.18 Å². The van der Waals surface area contributed by atoms with Crippen molar-refractivity contribution >= 4 is 11.5 Å². The fraction of sp³-hybridized carbons (Fsp3) is 0.400. The van der Waals surface area contributed by atoms with Gasteiger partial charge in [0.2, 0.25) is 5.91 Å². The summed E-state index contributed by atoms with van der Waals surface area (Å²) in [5, 5.41) is 0. The topological polar surface area (TPSA) is 29.5 Å². The van der Waals surface area contributed by atoms with E-state index in [0.29, 0.717) is 19.8 Å². The van der Waals surface area contributed by atoms with Crippen LogP contribution in [0.5, 0.6) is 0 Å². The summed E-state index contributed by atoms with van der Waals surface area (Å²) in [6.45, 7) is 5.52. The number of nitrogens with zero attached hydrogens (tertiary/aromatic N) is 1. The molecule has 0 aromatic heterocycles. The van der Waals surface area contributed by atoms with Gasteiger partial charge in [-0.3, -0.25) is 4.79 Å². The molecule has 1 saturated heterocycles. The number of halogens is 1. The van der Waals surface area contributed by atoms with E-state index >= 15 is 0 Å². The second kappa shape index (κ2) is 5.97. The normalized spacial score (nSPS) is 20.5. The quantitative estimate of drug-likeness (QED) is 0.767. The Kier molecular flexibility index (Phi) is 4.32. The molecule has 2 rings (SSSR count). The lowest BCUT2D eigenvalue weighted by atomic mass is 10.1. The molecule has 1 aromatic rings. The van der Waals surface area contributed by atoms with Crippen molar-refractivity contribution in [3.8, 4) is 0 Å². The summed E-state index contributed by atoms with van der Waals surface area (Å²) >= 11 is 0. The average Bonchev–Trinajstić information content (AvgIpc) is 2.39. The van der Waals surface area contributed by atoms with Crippen molar-refractivity contribution in [2.45, 2.75) is 19.9 Å². The van der Waals surface area contributed by atoms with Crippen LogP contribution in [0.1, 0.15) is 19.4 Å². The van der Waals surface area contributed by atoms with Crippen LogP contribution < -0.4 is 0 Å². The maximum atomic E-state index is 13.1. The standard InChI is InChI=1S/C15H18FNO2/c1-11(13-4-3-5-14(16)9-13)8-15(18)17-6-7-19-10-12(17)2/h3-5,8-9,12H,6-7,10H2,1-2H3. The minimum Gasteiger partial charge on any atom is -0.377 e. The molecule has 3 nitrogen and oxygen atoms in total. The minimum absolute atomic E-state index is 0.0439. The summed E-state index contributed by atoms with van der Waals surface area (Å²) in [6.07, 6.45) is 1.57. The van der Waals surface area contributed by atoms with Crippen LogP contribution in [-0.2, 0) is 9.53 Å². The largest absolute Gasteiger partial charge is 0.377 e. The highest BCUT2D eigenvalue weighted by molar-refractivity contribution is 5.95. The van der Waals surface area contributed by atoms with Crippen LogP contribution in [0.4, 0.5) is 4.39 Å². The SMILES string of the molecule is CC(=CC(=O)N1CCOCC1C)c1cccc(F)c1. The number of hydrogen-bond donors (Lipinski definition) is 0. The van der Waals surface area contributed by atoms with Crippen molar-refractivity contribution < 1.29 is 13.9 Å². The fourth-order valence-corrected chi connectivity index (χ4v) is 2.14. The van der Waals surface area contributed by atoms with Crippen molar-refractivity contribution in [3.05, 3.63) is 41.7 Å². The van der Waals surface area contributed by atoms with E-state index in [1.807, 2.05) is 13.8 Å². The molecule has 0 bridgehead atoms. The van der Waals surface area contributed by atoms with Gasteiger partial charge in [0, 0.05) is 12.6 Å². The van der Waals surface area contributed by atoms with Crippen LogP contribution in [0.3, 0.4) is 0 Å². The van der Waals surface area contributed by atoms with Crippen LogP contribution in [0.15, 0.2) is 30.3 Å². The van der Waals surface area contributed by atoms with Crippen molar-refractivity contribution in [1.29, 1.82) is 0 Å². The summed E-state index contributed by atoms with van der Waals surface area (Å²) in [4.78, 5) is 14.0. The number of amides is 1. The molecular weight excluding hydrogens is 245 g/mol. The van der Waals surface area contributed by atoms with E-state index in [2.05, 4.69) is 0 Å². The van der Waals surface area contributed by atoms with Gasteiger partial charge in [0.25, 0.3) is 0 Å². The summed E-state index contributed by atoms with van der Waals surface area (Å²) in [5.74, 6) is -0.338. The summed E-state index contributed by atoms with van der Waals surface area (Å²) in [5.41, 5.74) is 1.50. The van der Waals surface area contributed by atoms with Gasteiger partial charge in [0.1, 0.15) is 5.82 Å². The number of rotatable bonds is 2. The molecule has 19 heavy (non-hydrogen) atoms. The van der Waals surface area contributed by atoms with Gasteiger partial charge in [0.05, 0.1) is 19.3 Å². The number of benzene rings is 1. The summed E-state index contributed by atoms with van der Waals surface area (Å²) in [7, 11) is 0. The first-order chi connectivity index (χ1) is 9.08. The Morgan fingerprint density at radius 1 is 1.53 bits per heavy atom. The van der Waals surface area contributed by atoms with Gasteiger partial charge >= 0.3 is 0 Å². The van der Waals surface area contributed by atoms with Crippen LogP contribution in [-0.4, -0.2) is 36.6 Å². The average molecular weight is 263 g/mol. The molecule has 0 aliphatic carbocycles. The maximum absolute atomic E-state index is 13.1. The number of carbonyl (C=O) groups is 1. The number of carbonyl (C=O) groups excluding carboxylic acids is 1. The second-order valence-corrected chi connectivity index (χ2v) is 4.79. The molecule has 1 atom stereocenters. The number of allylic oxidation sites excluding steroid dienone is 1. The lowest BCUT2D eigenvalue weighted by Crippen LogP contribution is -2.46. The molecule has 4 heteroatoms. The van der Waals surface area contributed by atoms with E-state index < -0.39 is 0 Å². The van der Waals surface area contributed by atoms with E-state index in [0.717, 1.165) is 11.1 Å². The Hall–Kier alpha value is -1.68. The molecule has 1 unspecified atom stereocenters. The fourth-order valence-electron chi connectivity index (χ4n) is 2.14. The third-order valence-electron chi connectivity index (χ3n) is 3.27. The van der Waals surface area contributed by atoms with Gasteiger partial charge in [0.15, 0.2) is 0 Å². The molecule has 1 amide bonds. The lowest BCUT2D eigenvalue weighted by molar-refractivity contribution is -0.133. The first-order valence-electron chi connectivity index (χ1n) is 6.40. The van der Waals surface area contributed by atoms with Gasteiger partial charge in [-0.05, 0) is 37.1 Å². The Morgan fingerprint density at radius 2 is 2.32 bits per heavy atom. The maximum Gasteiger partial charge on any atom is 0.247 e. The first kappa shape index (κ1) is 13.7. The first-order valence-corrected chi connectivity index (χ1v) is 6.40. The Morgan fingerprint density at radius 3 is 3.00 bits per heavy atom. The zero-order valence-corrected chi connectivity index (χ0v) is 11.2. The smallest absolute Gasteiger partial charge is 0.247 e. The van der Waals surface area contributed by atoms with Gasteiger partial charge < -0.3 is 9.64 Å². The van der Waals surface area contributed by atoms with Gasteiger partial charge in [-0.1, -0.05) is 12.1 Å². The molecule has 1 aromatic carbocycles. The lowest BCUT2D eigenvalue weighted by Gasteiger charge is -2.32. The van der Waals surface area contributed by atoms with E-state index in [4.69, 9.17) is 4.74 Å². The molecule has 1 fully saturated rings. The van der Waals surface area contributed by atoms with Crippen molar-refractivity contribution in [3.63, 3.8) is 0 Å². The van der Waals surface area contributed by atoms with Crippen molar-refractivity contribution in [2.24, 2.45) is 0 Å². The number of ether oxygens (including phenoxy) is 1. The Labute approximate surface area is 112 Å². The van der Waals surface area contributed by atoms with E-state index in [-0.39, 0.29) is 17.8 Å². The Bertz CT molecular complexity index is 499. The summed E-state index contributed by atoms with van der Waals surface area (Å²) in [6, 6.07) is 6.34. The number of hydrogen-bond acceptors (Lipinski definition) is 2. The van der Waals surface area contributed by atoms with Crippen LogP contribution >= 0.6 is 0 Å². The van der Waals surface area contributed by atoms with Crippen LogP contribution in [0.2, 0.25) is 0 Å². The summed E-state index contributed by atoms with van der Waals surface area (Å²) < 4.78 is 18.4. The molecule has 0 saturated carbocycles. The molecule has 0 spiro atoms. The molecule has 1 heterocycles. The van der Waals surface area contributed by atoms with Gasteiger partial charge in [-0.15, -0.1) is 0 Å². The second-order valence-electron chi connectivity index (χ2n) is 4.79. The molecule has 1 aliphatic heterocycles. The highest BCUT2D eigenvalue weighted by Gasteiger charge is 2.22. The zero-order valence-electron chi connectivity index (χ0n) is 11.2. The predicted molar refractivity (Wildman–Crippen MR) is 72.0 cm³/mol. The minimum atomic E-state index is -0.294. The van der Waals surface area contributed by atoms with Crippen LogP contribution in [0, 0.1) is 5.82 Å². The molecule has 0 radical (unpaired) electrons. The molecular formula is C15H18FNO2. The highest BCUT2D eigenvalue weighted by atomic mass is 19.1. The van der Waals surface area contributed by atoms with Crippen LogP contribution in [0.25, 0.3) is 5.57 Å². The van der Waals surface area contributed by atoms with Gasteiger partial charge in [-0.2, -0.15) is 0 Å². The monoisotopic (exact) mass is 263 g/mol. The number of morpholine rings is 1. The molecule has 0 N–H and O–H groups in total. The predicted octanol–water partition coefficient (Wildman–Crippen LogP) is 2.48. The van der Waals surface area contributed by atoms with Crippen molar-refractivity contribution in [1.82, 2.24) is 4.90 Å². The van der Waals surface area contributed by atoms with Crippen molar-refractivity contribution in [2.75, 3.05) is 19.8 Å². The zero-order chi connectivity index (χ0) is 13.8. The van der Waals surface area contributed by atoms with E-state index in [1.165, 1.54) is 12.1 Å². The highest BCUT2D eigenvalue weighted by Crippen LogP contribution is 2.16. The molecule has 1 aliphatic rings. The molecule has 102 valence electrons. The van der Waals surface area contributed by atoms with E-state index in [1.54, 1.807) is 23.1 Å². The van der Waals surface area contributed by atoms with Gasteiger partial charge in [-0.25, -0.2) is 4.39 Å².